The summed E-state index contributed by atoms with van der Waals surface area (Å²) in [6, 6.07) is 1.31. The molecule has 2 unspecified atom stereocenters. The van der Waals surface area contributed by atoms with Crippen molar-refractivity contribution < 1.29 is 4.39 Å². The molecule has 0 aromatic heterocycles. The van der Waals surface area contributed by atoms with Gasteiger partial charge in [-0.1, -0.05) is 0 Å². The van der Waals surface area contributed by atoms with Crippen LogP contribution in [-0.2, 0) is 0 Å². The second-order valence-corrected chi connectivity index (χ2v) is 11.6. The molecule has 3 aliphatic rings. The molecule has 0 N–H and O–H groups in total. The van der Waals surface area contributed by atoms with Crippen LogP contribution in [0.15, 0.2) is 0 Å². The third-order valence-corrected chi connectivity index (χ3v) is 9.11. The summed E-state index contributed by atoms with van der Waals surface area (Å²) in [5.74, 6) is 1.51. The van der Waals surface area contributed by atoms with E-state index in [1.807, 2.05) is 0 Å². The van der Waals surface area contributed by atoms with Crippen molar-refractivity contribution in [1.29, 1.82) is 0 Å². The molecule has 3 rings (SSSR count). The minimum absolute atomic E-state index is 0.188. The lowest BCUT2D eigenvalue weighted by atomic mass is 9.72. The van der Waals surface area contributed by atoms with Crippen molar-refractivity contribution in [2.45, 2.75) is 116 Å². The lowest BCUT2D eigenvalue weighted by Crippen LogP contribution is -2.61. The van der Waals surface area contributed by atoms with E-state index in [0.29, 0.717) is 18.0 Å². The van der Waals surface area contributed by atoms with Crippen LogP contribution >= 0.6 is 0 Å². The molecule has 0 bridgehead atoms. The fourth-order valence-corrected chi connectivity index (χ4v) is 6.71. The summed E-state index contributed by atoms with van der Waals surface area (Å²) in [6.45, 7) is 22.6. The molecule has 2 atom stereocenters. The van der Waals surface area contributed by atoms with E-state index in [9.17, 15) is 4.39 Å². The Morgan fingerprint density at radius 2 is 1.31 bits per heavy atom. The van der Waals surface area contributed by atoms with Crippen LogP contribution in [0.5, 0.6) is 0 Å². The number of likely N-dealkylation sites (tertiary alicyclic amines) is 3. The molecule has 0 aromatic carbocycles. The summed E-state index contributed by atoms with van der Waals surface area (Å²) in [6.07, 6.45) is 6.09. The van der Waals surface area contributed by atoms with Gasteiger partial charge in [-0.15, -0.1) is 0 Å². The van der Waals surface area contributed by atoms with Crippen molar-refractivity contribution in [2.24, 2.45) is 11.8 Å². The topological polar surface area (TPSA) is 9.72 Å². The molecule has 3 heterocycles. The largest absolute Gasteiger partial charge is 0.301 e. The van der Waals surface area contributed by atoms with Gasteiger partial charge in [-0.05, 0) is 118 Å². The van der Waals surface area contributed by atoms with Crippen molar-refractivity contribution in [3.63, 3.8) is 0 Å². The molecule has 29 heavy (non-hydrogen) atoms. The van der Waals surface area contributed by atoms with Crippen molar-refractivity contribution in [3.8, 4) is 0 Å². The molecule has 0 radical (unpaired) electrons. The van der Waals surface area contributed by atoms with Crippen molar-refractivity contribution in [3.05, 3.63) is 0 Å². The van der Waals surface area contributed by atoms with E-state index in [0.717, 1.165) is 31.8 Å². The Balaban J connectivity index is 1.59. The van der Waals surface area contributed by atoms with Crippen LogP contribution in [0.25, 0.3) is 0 Å². The standard InChI is InChI=1S/C25H48FN3/c1-19(2)27-13-8-21(9-14-27)25(6,7)29-17-10-22(18-20(29)3)24(4,5)28-15-11-23(26)12-16-28/h19-23H,8-18H2,1-7H3. The van der Waals surface area contributed by atoms with Gasteiger partial charge < -0.3 is 4.90 Å². The van der Waals surface area contributed by atoms with Gasteiger partial charge in [0.2, 0.25) is 0 Å². The Bertz CT molecular complexity index is 516. The molecular formula is C25H48FN3. The molecule has 0 amide bonds. The highest BCUT2D eigenvalue weighted by Gasteiger charge is 2.45. The lowest BCUT2D eigenvalue weighted by molar-refractivity contribution is -0.0599. The molecule has 170 valence electrons. The highest BCUT2D eigenvalue weighted by molar-refractivity contribution is 5.00. The molecule has 0 spiro atoms. The number of halogens is 1. The summed E-state index contributed by atoms with van der Waals surface area (Å²) in [5, 5.41) is 0. The first-order valence-electron chi connectivity index (χ1n) is 12.4. The Labute approximate surface area is 180 Å². The Morgan fingerprint density at radius 1 is 0.759 bits per heavy atom. The first-order valence-corrected chi connectivity index (χ1v) is 12.4. The highest BCUT2D eigenvalue weighted by atomic mass is 19.1. The minimum atomic E-state index is -0.578. The molecule has 0 aromatic rings. The third-order valence-electron chi connectivity index (χ3n) is 9.11. The fraction of sp³-hybridized carbons (Fsp3) is 1.00. The van der Waals surface area contributed by atoms with Gasteiger partial charge in [-0.2, -0.15) is 0 Å². The number of nitrogens with zero attached hydrogens (tertiary/aromatic N) is 3. The first-order chi connectivity index (χ1) is 13.5. The van der Waals surface area contributed by atoms with E-state index in [4.69, 9.17) is 0 Å². The molecule has 3 aliphatic heterocycles. The molecule has 4 heteroatoms. The first kappa shape index (κ1) is 23.5. The van der Waals surface area contributed by atoms with Crippen LogP contribution in [-0.4, -0.2) is 76.8 Å². The quantitative estimate of drug-likeness (QED) is 0.618. The third kappa shape index (κ3) is 5.01. The van der Waals surface area contributed by atoms with E-state index in [1.54, 1.807) is 0 Å². The van der Waals surface area contributed by atoms with Crippen LogP contribution in [0.4, 0.5) is 4.39 Å². The van der Waals surface area contributed by atoms with Crippen molar-refractivity contribution >= 4 is 0 Å². The Kier molecular flexibility index (Phi) is 7.38. The zero-order valence-electron chi connectivity index (χ0n) is 20.4. The molecule has 3 fully saturated rings. The van der Waals surface area contributed by atoms with Gasteiger partial charge in [0, 0.05) is 36.3 Å². The van der Waals surface area contributed by atoms with Gasteiger partial charge >= 0.3 is 0 Å². The Hall–Kier alpha value is -0.190. The van der Waals surface area contributed by atoms with E-state index >= 15 is 0 Å². The minimum Gasteiger partial charge on any atom is -0.301 e. The smallest absolute Gasteiger partial charge is 0.103 e. The summed E-state index contributed by atoms with van der Waals surface area (Å²) >= 11 is 0. The number of alkyl halides is 1. The number of rotatable bonds is 5. The zero-order chi connectivity index (χ0) is 21.4. The average molecular weight is 410 g/mol. The molecule has 3 saturated heterocycles. The summed E-state index contributed by atoms with van der Waals surface area (Å²) in [4.78, 5) is 8.07. The van der Waals surface area contributed by atoms with E-state index in [-0.39, 0.29) is 11.1 Å². The van der Waals surface area contributed by atoms with E-state index in [1.165, 1.54) is 45.3 Å². The number of piperidine rings is 3. The Morgan fingerprint density at radius 3 is 1.83 bits per heavy atom. The van der Waals surface area contributed by atoms with Crippen LogP contribution in [0.1, 0.15) is 87.0 Å². The maximum absolute atomic E-state index is 13.6. The number of hydrogen-bond donors (Lipinski definition) is 0. The second-order valence-electron chi connectivity index (χ2n) is 11.6. The predicted octanol–water partition coefficient (Wildman–Crippen LogP) is 5.20. The van der Waals surface area contributed by atoms with Gasteiger partial charge in [0.05, 0.1) is 0 Å². The molecule has 3 nitrogen and oxygen atoms in total. The highest BCUT2D eigenvalue weighted by Crippen LogP contribution is 2.42. The van der Waals surface area contributed by atoms with Gasteiger partial charge in [-0.3, -0.25) is 9.80 Å². The van der Waals surface area contributed by atoms with Crippen LogP contribution < -0.4 is 0 Å². The van der Waals surface area contributed by atoms with Crippen LogP contribution in [0.3, 0.4) is 0 Å². The normalized spacial score (nSPS) is 30.9. The van der Waals surface area contributed by atoms with Crippen molar-refractivity contribution in [2.75, 3.05) is 32.7 Å². The maximum Gasteiger partial charge on any atom is 0.103 e. The van der Waals surface area contributed by atoms with Gasteiger partial charge in [0.25, 0.3) is 0 Å². The van der Waals surface area contributed by atoms with Crippen LogP contribution in [0.2, 0.25) is 0 Å². The average Bonchev–Trinajstić information content (AvgIpc) is 2.68. The molecule has 0 aliphatic carbocycles. The van der Waals surface area contributed by atoms with Gasteiger partial charge in [0.15, 0.2) is 0 Å². The number of hydrogen-bond acceptors (Lipinski definition) is 3. The summed E-state index contributed by atoms with van der Waals surface area (Å²) < 4.78 is 13.6. The lowest BCUT2D eigenvalue weighted by Gasteiger charge is -2.56. The summed E-state index contributed by atoms with van der Waals surface area (Å²) in [5.41, 5.74) is 0.470. The van der Waals surface area contributed by atoms with Gasteiger partial charge in [0.1, 0.15) is 6.17 Å². The van der Waals surface area contributed by atoms with Gasteiger partial charge in [-0.25, -0.2) is 4.39 Å². The van der Waals surface area contributed by atoms with Crippen molar-refractivity contribution in [1.82, 2.24) is 14.7 Å². The summed E-state index contributed by atoms with van der Waals surface area (Å²) in [7, 11) is 0. The predicted molar refractivity (Wildman–Crippen MR) is 122 cm³/mol. The molecular weight excluding hydrogens is 361 g/mol. The molecule has 0 saturated carbocycles. The zero-order valence-corrected chi connectivity index (χ0v) is 20.4. The maximum atomic E-state index is 13.6. The van der Waals surface area contributed by atoms with E-state index in [2.05, 4.69) is 63.2 Å². The van der Waals surface area contributed by atoms with E-state index < -0.39 is 6.17 Å². The fourth-order valence-electron chi connectivity index (χ4n) is 6.71. The van der Waals surface area contributed by atoms with Crippen LogP contribution in [0, 0.1) is 11.8 Å². The second kappa shape index (κ2) is 9.12. The monoisotopic (exact) mass is 409 g/mol. The SMILES string of the molecule is CC(C)N1CCC(C(C)(C)N2CCC(C(C)(C)N3CCC(F)CC3)CC2C)CC1.